The van der Waals surface area contributed by atoms with Crippen LogP contribution in [0.3, 0.4) is 0 Å². The number of aliphatic hydroxyl groups is 2. The monoisotopic (exact) mass is 261 g/mol. The number of nitrogens with one attached hydrogen (secondary N) is 1. The molecular formula is C12H17F2NO3. The van der Waals surface area contributed by atoms with Gasteiger partial charge in [0.2, 0.25) is 0 Å². The van der Waals surface area contributed by atoms with Crippen molar-refractivity contribution in [3.8, 4) is 5.75 Å². The summed E-state index contributed by atoms with van der Waals surface area (Å²) < 4.78 is 31.9. The third kappa shape index (κ3) is 4.21. The van der Waals surface area contributed by atoms with E-state index in [0.717, 1.165) is 0 Å². The van der Waals surface area contributed by atoms with Crippen LogP contribution in [0.1, 0.15) is 12.5 Å². The van der Waals surface area contributed by atoms with Gasteiger partial charge in [-0.25, -0.2) is 8.78 Å². The van der Waals surface area contributed by atoms with Gasteiger partial charge in [0.1, 0.15) is 12.7 Å². The largest absolute Gasteiger partial charge is 0.485 e. The van der Waals surface area contributed by atoms with Crippen LogP contribution in [-0.2, 0) is 6.54 Å². The van der Waals surface area contributed by atoms with Gasteiger partial charge in [0.15, 0.2) is 17.4 Å². The predicted octanol–water partition coefficient (Wildman–Crippen LogP) is 0.806. The molecule has 4 nitrogen and oxygen atoms in total. The highest BCUT2D eigenvalue weighted by Crippen LogP contribution is 2.23. The van der Waals surface area contributed by atoms with E-state index in [0.29, 0.717) is 18.7 Å². The van der Waals surface area contributed by atoms with Crippen LogP contribution in [0.15, 0.2) is 12.1 Å². The summed E-state index contributed by atoms with van der Waals surface area (Å²) in [7, 11) is 0. The van der Waals surface area contributed by atoms with Gasteiger partial charge in [-0.15, -0.1) is 0 Å². The van der Waals surface area contributed by atoms with E-state index in [9.17, 15) is 8.78 Å². The Bertz CT molecular complexity index is 365. The van der Waals surface area contributed by atoms with Crippen LogP contribution < -0.4 is 10.1 Å². The maximum Gasteiger partial charge on any atom is 0.190 e. The highest BCUT2D eigenvalue weighted by Gasteiger charge is 2.14. The second-order valence-corrected chi connectivity index (χ2v) is 3.82. The van der Waals surface area contributed by atoms with Crippen molar-refractivity contribution < 1.29 is 23.7 Å². The number of hydrogen-bond acceptors (Lipinski definition) is 4. The average Bonchev–Trinajstić information content (AvgIpc) is 2.34. The smallest absolute Gasteiger partial charge is 0.190 e. The van der Waals surface area contributed by atoms with Crippen LogP contribution in [0.25, 0.3) is 0 Å². The lowest BCUT2D eigenvalue weighted by molar-refractivity contribution is 0.0509. The molecule has 18 heavy (non-hydrogen) atoms. The first-order valence-electron chi connectivity index (χ1n) is 5.68. The molecule has 0 saturated carbocycles. The topological polar surface area (TPSA) is 61.7 Å². The third-order valence-electron chi connectivity index (χ3n) is 2.27. The summed E-state index contributed by atoms with van der Waals surface area (Å²) in [6.45, 7) is 2.06. The number of rotatable bonds is 7. The van der Waals surface area contributed by atoms with Crippen molar-refractivity contribution in [1.29, 1.82) is 0 Å². The van der Waals surface area contributed by atoms with Gasteiger partial charge in [-0.3, -0.25) is 0 Å². The maximum atomic E-state index is 13.6. The molecule has 102 valence electrons. The fourth-order valence-electron chi connectivity index (χ4n) is 1.35. The van der Waals surface area contributed by atoms with Crippen molar-refractivity contribution in [1.82, 2.24) is 5.32 Å². The minimum Gasteiger partial charge on any atom is -0.485 e. The minimum atomic E-state index is -1.16. The van der Waals surface area contributed by atoms with Gasteiger partial charge in [0.25, 0.3) is 0 Å². The summed E-state index contributed by atoms with van der Waals surface area (Å²) >= 11 is 0. The molecule has 6 heteroatoms. The van der Waals surface area contributed by atoms with Crippen LogP contribution in [0.5, 0.6) is 5.75 Å². The zero-order chi connectivity index (χ0) is 13.5. The molecular weight excluding hydrogens is 244 g/mol. The Labute approximate surface area is 104 Å². The van der Waals surface area contributed by atoms with Gasteiger partial charge < -0.3 is 20.3 Å². The predicted molar refractivity (Wildman–Crippen MR) is 62.3 cm³/mol. The molecule has 0 aromatic heterocycles. The first-order chi connectivity index (χ1) is 8.58. The fraction of sp³-hybridized carbons (Fsp3) is 0.500. The SMILES string of the molecule is CCNCc1cc(F)c(OCC(O)CO)c(F)c1. The molecule has 0 bridgehead atoms. The Morgan fingerprint density at radius 1 is 1.33 bits per heavy atom. The molecule has 1 atom stereocenters. The number of ether oxygens (including phenoxy) is 1. The van der Waals surface area contributed by atoms with Crippen molar-refractivity contribution in [2.75, 3.05) is 19.8 Å². The van der Waals surface area contributed by atoms with E-state index in [1.807, 2.05) is 6.92 Å². The summed E-state index contributed by atoms with van der Waals surface area (Å²) in [5.41, 5.74) is 0.474. The molecule has 0 saturated heterocycles. The molecule has 0 aliphatic rings. The van der Waals surface area contributed by atoms with Gasteiger partial charge in [-0.05, 0) is 24.2 Å². The van der Waals surface area contributed by atoms with E-state index < -0.39 is 30.1 Å². The molecule has 0 amide bonds. The molecule has 0 heterocycles. The third-order valence-corrected chi connectivity index (χ3v) is 2.27. The fourth-order valence-corrected chi connectivity index (χ4v) is 1.35. The molecule has 1 aromatic carbocycles. The van der Waals surface area contributed by atoms with Crippen LogP contribution in [0, 0.1) is 11.6 Å². The molecule has 0 radical (unpaired) electrons. The van der Waals surface area contributed by atoms with Gasteiger partial charge in [-0.1, -0.05) is 6.92 Å². The second kappa shape index (κ2) is 7.25. The number of benzene rings is 1. The van der Waals surface area contributed by atoms with E-state index in [4.69, 9.17) is 14.9 Å². The number of hydrogen-bond donors (Lipinski definition) is 3. The normalized spacial score (nSPS) is 12.5. The van der Waals surface area contributed by atoms with E-state index in [2.05, 4.69) is 5.32 Å². The molecule has 1 rings (SSSR count). The summed E-state index contributed by atoms with van der Waals surface area (Å²) in [6.07, 6.45) is -1.16. The van der Waals surface area contributed by atoms with Crippen molar-refractivity contribution >= 4 is 0 Å². The molecule has 3 N–H and O–H groups in total. The van der Waals surface area contributed by atoms with Crippen molar-refractivity contribution in [3.05, 3.63) is 29.3 Å². The molecule has 1 aromatic rings. The Balaban J connectivity index is 2.74. The van der Waals surface area contributed by atoms with E-state index in [1.165, 1.54) is 12.1 Å². The van der Waals surface area contributed by atoms with Crippen molar-refractivity contribution in [2.24, 2.45) is 0 Å². The Morgan fingerprint density at radius 3 is 2.44 bits per heavy atom. The van der Waals surface area contributed by atoms with Crippen molar-refractivity contribution in [2.45, 2.75) is 19.6 Å². The summed E-state index contributed by atoms with van der Waals surface area (Å²) in [4.78, 5) is 0. The van der Waals surface area contributed by atoms with Crippen LogP contribution in [-0.4, -0.2) is 36.1 Å². The highest BCUT2D eigenvalue weighted by molar-refractivity contribution is 5.31. The Morgan fingerprint density at radius 2 is 1.94 bits per heavy atom. The van der Waals surface area contributed by atoms with Crippen LogP contribution in [0.4, 0.5) is 8.78 Å². The Hall–Kier alpha value is -1.24. The van der Waals surface area contributed by atoms with E-state index >= 15 is 0 Å². The number of aliphatic hydroxyl groups excluding tert-OH is 2. The van der Waals surface area contributed by atoms with Crippen LogP contribution in [0.2, 0.25) is 0 Å². The summed E-state index contributed by atoms with van der Waals surface area (Å²) in [6, 6.07) is 2.35. The maximum absolute atomic E-state index is 13.6. The lowest BCUT2D eigenvalue weighted by atomic mass is 10.2. The first-order valence-corrected chi connectivity index (χ1v) is 5.68. The zero-order valence-electron chi connectivity index (χ0n) is 10.1. The van der Waals surface area contributed by atoms with Crippen LogP contribution >= 0.6 is 0 Å². The van der Waals surface area contributed by atoms with Crippen molar-refractivity contribution in [3.63, 3.8) is 0 Å². The van der Waals surface area contributed by atoms with Gasteiger partial charge in [0, 0.05) is 6.54 Å². The first kappa shape index (κ1) is 14.8. The molecule has 0 aliphatic carbocycles. The van der Waals surface area contributed by atoms with Gasteiger partial charge in [-0.2, -0.15) is 0 Å². The standard InChI is InChI=1S/C12H17F2NO3/c1-2-15-5-8-3-10(13)12(11(14)4-8)18-7-9(17)6-16/h3-4,9,15-17H,2,5-7H2,1H3. The lowest BCUT2D eigenvalue weighted by Crippen LogP contribution is -2.22. The molecule has 0 spiro atoms. The Kier molecular flexibility index (Phi) is 5.97. The zero-order valence-corrected chi connectivity index (χ0v) is 10.1. The van der Waals surface area contributed by atoms with Gasteiger partial charge >= 0.3 is 0 Å². The summed E-state index contributed by atoms with van der Waals surface area (Å²) in [5, 5.41) is 20.6. The summed E-state index contributed by atoms with van der Waals surface area (Å²) in [5.74, 6) is -2.19. The van der Waals surface area contributed by atoms with Gasteiger partial charge in [0.05, 0.1) is 6.61 Å². The molecule has 1 unspecified atom stereocenters. The molecule has 0 aliphatic heterocycles. The second-order valence-electron chi connectivity index (χ2n) is 3.82. The average molecular weight is 261 g/mol. The minimum absolute atomic E-state index is 0.364. The lowest BCUT2D eigenvalue weighted by Gasteiger charge is -2.12. The number of halogens is 2. The highest BCUT2D eigenvalue weighted by atomic mass is 19.1. The molecule has 0 fully saturated rings. The van der Waals surface area contributed by atoms with E-state index in [-0.39, 0.29) is 6.61 Å². The quantitative estimate of drug-likeness (QED) is 0.679. The van der Waals surface area contributed by atoms with E-state index in [1.54, 1.807) is 0 Å².